The van der Waals surface area contributed by atoms with E-state index in [1.807, 2.05) is 32.9 Å². The first-order valence-electron chi connectivity index (χ1n) is 8.51. The van der Waals surface area contributed by atoms with Gasteiger partial charge < -0.3 is 0 Å². The summed E-state index contributed by atoms with van der Waals surface area (Å²) in [6, 6.07) is 4.67. The summed E-state index contributed by atoms with van der Waals surface area (Å²) in [5.74, 6) is 0.433. The third-order valence-corrected chi connectivity index (χ3v) is 6.86. The Labute approximate surface area is 168 Å². The van der Waals surface area contributed by atoms with Crippen LogP contribution in [0.5, 0.6) is 0 Å². The van der Waals surface area contributed by atoms with Crippen LogP contribution >= 0.6 is 23.1 Å². The van der Waals surface area contributed by atoms with Gasteiger partial charge in [-0.15, -0.1) is 10.2 Å². The Morgan fingerprint density at radius 1 is 1.30 bits per heavy atom. The van der Waals surface area contributed by atoms with Crippen LogP contribution in [-0.4, -0.2) is 42.6 Å². The Morgan fingerprint density at radius 2 is 2.00 bits per heavy atom. The van der Waals surface area contributed by atoms with Crippen molar-refractivity contribution in [3.63, 3.8) is 0 Å². The van der Waals surface area contributed by atoms with E-state index in [0.29, 0.717) is 17.2 Å². The van der Waals surface area contributed by atoms with Crippen LogP contribution in [0.2, 0.25) is 0 Å². The summed E-state index contributed by atoms with van der Waals surface area (Å²) < 4.78 is 27.1. The fourth-order valence-corrected chi connectivity index (χ4v) is 5.54. The molecule has 0 unspecified atom stereocenters. The Morgan fingerprint density at radius 3 is 2.59 bits per heavy atom. The number of thioether (sulfide) groups is 1. The third kappa shape index (κ3) is 5.43. The monoisotopic (exact) mass is 428 g/mol. The summed E-state index contributed by atoms with van der Waals surface area (Å²) in [5.41, 5.74) is 2.22. The summed E-state index contributed by atoms with van der Waals surface area (Å²) in [6.07, 6.45) is 1.44. The molecule has 1 amide bonds. The lowest BCUT2D eigenvalue weighted by Crippen LogP contribution is -2.47. The van der Waals surface area contributed by atoms with E-state index >= 15 is 0 Å². The maximum Gasteiger partial charge on any atom is 0.250 e. The molecule has 1 heterocycles. The van der Waals surface area contributed by atoms with Crippen molar-refractivity contribution in [2.24, 2.45) is 0 Å². The number of aromatic nitrogens is 2. The lowest BCUT2D eigenvalue weighted by molar-refractivity contribution is -0.117. The lowest BCUT2D eigenvalue weighted by atomic mass is 10.1. The summed E-state index contributed by atoms with van der Waals surface area (Å²) >= 11 is 2.81. The highest BCUT2D eigenvalue weighted by Crippen LogP contribution is 2.29. The minimum absolute atomic E-state index is 0.321. The van der Waals surface area contributed by atoms with Gasteiger partial charge in [-0.05, 0) is 43.2 Å². The molecule has 0 aliphatic rings. The molecule has 0 bridgehead atoms. The van der Waals surface area contributed by atoms with Gasteiger partial charge >= 0.3 is 0 Å². The molecule has 148 valence electrons. The SMILES string of the molecule is CCSc1nnc(NC(=O)[C@H](CC)N(c2cc(C)ccc2C)S(C)(=O)=O)s1. The van der Waals surface area contributed by atoms with E-state index < -0.39 is 22.0 Å². The Balaban J connectivity index is 2.36. The number of carbonyl (C=O) groups excluding carboxylic acids is 1. The van der Waals surface area contributed by atoms with Gasteiger partial charge in [0.25, 0.3) is 0 Å². The van der Waals surface area contributed by atoms with E-state index in [0.717, 1.165) is 27.5 Å². The van der Waals surface area contributed by atoms with Crippen LogP contribution < -0.4 is 9.62 Å². The van der Waals surface area contributed by atoms with Gasteiger partial charge in [0.05, 0.1) is 11.9 Å². The van der Waals surface area contributed by atoms with E-state index in [1.54, 1.807) is 13.0 Å². The van der Waals surface area contributed by atoms with E-state index in [9.17, 15) is 13.2 Å². The summed E-state index contributed by atoms with van der Waals surface area (Å²) in [5, 5.41) is 11.1. The second-order valence-electron chi connectivity index (χ2n) is 6.07. The highest BCUT2D eigenvalue weighted by Gasteiger charge is 2.33. The zero-order valence-corrected chi connectivity index (χ0v) is 18.5. The zero-order valence-electron chi connectivity index (χ0n) is 16.0. The Kier molecular flexibility index (Phi) is 7.24. The fraction of sp³-hybridized carbons (Fsp3) is 0.471. The second kappa shape index (κ2) is 9.03. The Bertz CT molecular complexity index is 912. The molecule has 0 spiro atoms. The van der Waals surface area contributed by atoms with Gasteiger partial charge in [0.15, 0.2) is 4.34 Å². The van der Waals surface area contributed by atoms with Crippen LogP contribution in [0, 0.1) is 13.8 Å². The molecular weight excluding hydrogens is 404 g/mol. The largest absolute Gasteiger partial charge is 0.299 e. The van der Waals surface area contributed by atoms with Gasteiger partial charge in [-0.3, -0.25) is 14.4 Å². The van der Waals surface area contributed by atoms with Crippen molar-refractivity contribution >= 4 is 49.8 Å². The number of rotatable bonds is 8. The van der Waals surface area contributed by atoms with Crippen LogP contribution in [-0.2, 0) is 14.8 Å². The first-order valence-corrected chi connectivity index (χ1v) is 12.2. The van der Waals surface area contributed by atoms with Crippen molar-refractivity contribution in [2.75, 3.05) is 21.6 Å². The molecule has 0 fully saturated rings. The highest BCUT2D eigenvalue weighted by atomic mass is 32.2. The maximum absolute atomic E-state index is 12.9. The number of carbonyl (C=O) groups is 1. The molecular formula is C17H24N4O3S3. The first kappa shape index (κ1) is 21.6. The van der Waals surface area contributed by atoms with Crippen LogP contribution in [0.25, 0.3) is 0 Å². The average molecular weight is 429 g/mol. The van der Waals surface area contributed by atoms with Crippen LogP contribution in [0.1, 0.15) is 31.4 Å². The van der Waals surface area contributed by atoms with E-state index in [1.165, 1.54) is 27.4 Å². The lowest BCUT2D eigenvalue weighted by Gasteiger charge is -2.31. The maximum atomic E-state index is 12.9. The molecule has 1 atom stereocenters. The molecule has 27 heavy (non-hydrogen) atoms. The molecule has 1 N–H and O–H groups in total. The van der Waals surface area contributed by atoms with Crippen molar-refractivity contribution in [3.05, 3.63) is 29.3 Å². The molecule has 0 saturated heterocycles. The van der Waals surface area contributed by atoms with Crippen molar-refractivity contribution < 1.29 is 13.2 Å². The van der Waals surface area contributed by atoms with Gasteiger partial charge in [-0.1, -0.05) is 49.1 Å². The summed E-state index contributed by atoms with van der Waals surface area (Å²) in [7, 11) is -3.67. The van der Waals surface area contributed by atoms with Gasteiger partial charge in [0.2, 0.25) is 21.1 Å². The summed E-state index contributed by atoms with van der Waals surface area (Å²) in [4.78, 5) is 12.9. The number of sulfonamides is 1. The van der Waals surface area contributed by atoms with Crippen LogP contribution in [0.3, 0.4) is 0 Å². The average Bonchev–Trinajstić information content (AvgIpc) is 3.01. The second-order valence-corrected chi connectivity index (χ2v) is 10.4. The molecule has 0 radical (unpaired) electrons. The standard InChI is InChI=1S/C17H24N4O3S3/c1-6-13(15(22)18-16-19-20-17(26-16)25-7-2)21(27(5,23)24)14-10-11(3)8-9-12(14)4/h8-10,13H,6-7H2,1-5H3,(H,18,19,22)/t13-/m0/s1. The number of amides is 1. The molecule has 0 saturated carbocycles. The molecule has 7 nitrogen and oxygen atoms in total. The Hall–Kier alpha value is -1.65. The number of hydrogen-bond donors (Lipinski definition) is 1. The normalized spacial score (nSPS) is 12.6. The quantitative estimate of drug-likeness (QED) is 0.511. The van der Waals surface area contributed by atoms with Crippen LogP contribution in [0.15, 0.2) is 22.5 Å². The van der Waals surface area contributed by atoms with Crippen molar-refractivity contribution in [2.45, 2.75) is 44.5 Å². The van der Waals surface area contributed by atoms with Gasteiger partial charge in [-0.25, -0.2) is 8.42 Å². The zero-order chi connectivity index (χ0) is 20.2. The van der Waals surface area contributed by atoms with Crippen molar-refractivity contribution in [3.8, 4) is 0 Å². The molecule has 10 heteroatoms. The van der Waals surface area contributed by atoms with E-state index in [2.05, 4.69) is 15.5 Å². The minimum atomic E-state index is -3.67. The molecule has 0 aliphatic carbocycles. The van der Waals surface area contributed by atoms with Crippen LogP contribution in [0.4, 0.5) is 10.8 Å². The number of nitrogens with one attached hydrogen (secondary N) is 1. The van der Waals surface area contributed by atoms with Crippen molar-refractivity contribution in [1.29, 1.82) is 0 Å². The van der Waals surface area contributed by atoms with Gasteiger partial charge in [-0.2, -0.15) is 0 Å². The number of anilines is 2. The van der Waals surface area contributed by atoms with Crippen molar-refractivity contribution in [1.82, 2.24) is 10.2 Å². The first-order chi connectivity index (χ1) is 12.7. The molecule has 2 aromatic rings. The predicted octanol–water partition coefficient (Wildman–Crippen LogP) is 3.45. The number of hydrogen-bond acceptors (Lipinski definition) is 7. The minimum Gasteiger partial charge on any atom is -0.299 e. The third-order valence-electron chi connectivity index (χ3n) is 3.84. The molecule has 1 aromatic heterocycles. The highest BCUT2D eigenvalue weighted by molar-refractivity contribution is 8.01. The van der Waals surface area contributed by atoms with Gasteiger partial charge in [0, 0.05) is 0 Å². The number of benzene rings is 1. The van der Waals surface area contributed by atoms with Gasteiger partial charge in [0.1, 0.15) is 6.04 Å². The molecule has 0 aliphatic heterocycles. The summed E-state index contributed by atoms with van der Waals surface area (Å²) in [6.45, 7) is 7.51. The van der Waals surface area contributed by atoms with E-state index in [-0.39, 0.29) is 0 Å². The predicted molar refractivity (Wildman–Crippen MR) is 112 cm³/mol. The molecule has 2 rings (SSSR count). The smallest absolute Gasteiger partial charge is 0.250 e. The fourth-order valence-electron chi connectivity index (χ4n) is 2.62. The molecule has 1 aromatic carbocycles. The topological polar surface area (TPSA) is 92.3 Å². The number of aryl methyl sites for hydroxylation is 2. The number of nitrogens with zero attached hydrogens (tertiary/aromatic N) is 3. The van der Waals surface area contributed by atoms with E-state index in [4.69, 9.17) is 0 Å².